The van der Waals surface area contributed by atoms with Crippen LogP contribution >= 0.6 is 0 Å². The number of carbonyl (C=O) groups excluding carboxylic acids is 2. The van der Waals surface area contributed by atoms with E-state index in [4.69, 9.17) is 0 Å². The first-order chi connectivity index (χ1) is 31.5. The molecule has 0 saturated carbocycles. The van der Waals surface area contributed by atoms with E-state index in [0.29, 0.717) is 16.8 Å². The Bertz CT molecular complexity index is 2870. The van der Waals surface area contributed by atoms with E-state index in [0.717, 1.165) is 64.6 Å². The molecule has 7 rings (SSSR count). The summed E-state index contributed by atoms with van der Waals surface area (Å²) >= 11 is 0. The van der Waals surface area contributed by atoms with Crippen molar-refractivity contribution >= 4 is 65.2 Å². The Labute approximate surface area is 388 Å². The molecule has 5 aromatic carbocycles. The lowest BCUT2D eigenvalue weighted by atomic mass is 10.1. The summed E-state index contributed by atoms with van der Waals surface area (Å²) in [5, 5.41) is 8.12. The number of unbranched alkanes of at least 4 members (excludes halogenated alkanes) is 6. The van der Waals surface area contributed by atoms with Gasteiger partial charge in [-0.25, -0.2) is 16.8 Å². The number of nitrogens with zero attached hydrogens (tertiary/aromatic N) is 2. The highest BCUT2D eigenvalue weighted by molar-refractivity contribution is 7.86. The maximum absolute atomic E-state index is 13.1. The van der Waals surface area contributed by atoms with Crippen LogP contribution in [0.15, 0.2) is 156 Å². The SMILES string of the molecule is CCCCCC[n+]1cccc2cc(NC(=O)c3ccc(NC(=O)c4ccc5c(ccc[n+]5CCCCCC)c4)cc3)ccc21.Cc1ccc(S(=O)(=O)[O-])cc1.Cc1ccc(S(=O)(=O)[O-])cc1. The van der Waals surface area contributed by atoms with Crippen molar-refractivity contribution in [1.29, 1.82) is 0 Å². The summed E-state index contributed by atoms with van der Waals surface area (Å²) in [6.07, 6.45) is 14.0. The van der Waals surface area contributed by atoms with Crippen LogP contribution in [-0.4, -0.2) is 37.8 Å². The predicted octanol–water partition coefficient (Wildman–Crippen LogP) is 10.0. The van der Waals surface area contributed by atoms with Crippen LogP contribution < -0.4 is 19.8 Å². The lowest BCUT2D eigenvalue weighted by molar-refractivity contribution is -0.672. The van der Waals surface area contributed by atoms with Crippen molar-refractivity contribution in [2.24, 2.45) is 0 Å². The summed E-state index contributed by atoms with van der Waals surface area (Å²) in [4.78, 5) is 25.7. The van der Waals surface area contributed by atoms with E-state index < -0.39 is 20.2 Å². The van der Waals surface area contributed by atoms with Crippen molar-refractivity contribution in [3.63, 3.8) is 0 Å². The van der Waals surface area contributed by atoms with E-state index in [9.17, 15) is 35.5 Å². The van der Waals surface area contributed by atoms with Gasteiger partial charge in [0.15, 0.2) is 12.4 Å². The number of aryl methyl sites for hydroxylation is 4. The van der Waals surface area contributed by atoms with E-state index in [1.807, 2.05) is 56.3 Å². The molecule has 0 aliphatic heterocycles. The minimum Gasteiger partial charge on any atom is -0.744 e. The van der Waals surface area contributed by atoms with Crippen molar-refractivity contribution in [1.82, 2.24) is 0 Å². The third kappa shape index (κ3) is 15.4. The largest absolute Gasteiger partial charge is 0.744 e. The molecular weight excluding hydrogens is 873 g/mol. The van der Waals surface area contributed by atoms with Gasteiger partial charge in [0, 0.05) is 70.4 Å². The van der Waals surface area contributed by atoms with Crippen molar-refractivity contribution in [2.75, 3.05) is 10.6 Å². The summed E-state index contributed by atoms with van der Waals surface area (Å²) in [6.45, 7) is 10.1. The number of hydrogen-bond donors (Lipinski definition) is 2. The molecule has 0 atom stereocenters. The molecule has 66 heavy (non-hydrogen) atoms. The van der Waals surface area contributed by atoms with Crippen LogP contribution in [0.3, 0.4) is 0 Å². The molecule has 2 aromatic heterocycles. The van der Waals surface area contributed by atoms with Crippen LogP contribution in [0.5, 0.6) is 0 Å². The predicted molar refractivity (Wildman–Crippen MR) is 257 cm³/mol. The minimum absolute atomic E-state index is 0.178. The average Bonchev–Trinajstić information content (AvgIpc) is 3.29. The number of anilines is 2. The van der Waals surface area contributed by atoms with E-state index >= 15 is 0 Å². The van der Waals surface area contributed by atoms with Gasteiger partial charge in [-0.05, 0) is 112 Å². The van der Waals surface area contributed by atoms with Crippen LogP contribution in [0, 0.1) is 13.8 Å². The first-order valence-corrected chi connectivity index (χ1v) is 25.0. The van der Waals surface area contributed by atoms with Gasteiger partial charge in [0.1, 0.15) is 33.3 Å². The molecular formula is C52H58N4O8S2. The molecule has 2 N–H and O–H groups in total. The molecule has 0 saturated heterocycles. The fourth-order valence-electron chi connectivity index (χ4n) is 7.11. The average molecular weight is 931 g/mol. The molecule has 12 nitrogen and oxygen atoms in total. The zero-order valence-corrected chi connectivity index (χ0v) is 39.5. The Morgan fingerprint density at radius 1 is 0.485 bits per heavy atom. The second-order valence-electron chi connectivity index (χ2n) is 16.1. The van der Waals surface area contributed by atoms with Gasteiger partial charge in [0.25, 0.3) is 11.8 Å². The number of aromatic nitrogens is 2. The molecule has 0 unspecified atom stereocenters. The van der Waals surface area contributed by atoms with Gasteiger partial charge < -0.3 is 19.7 Å². The molecule has 0 aliphatic carbocycles. The number of rotatable bonds is 16. The maximum Gasteiger partial charge on any atom is 0.255 e. The lowest BCUT2D eigenvalue weighted by Gasteiger charge is -2.09. The Balaban J connectivity index is 0.000000301. The van der Waals surface area contributed by atoms with Crippen LogP contribution in [0.25, 0.3) is 21.8 Å². The number of fused-ring (bicyclic) bond motifs is 2. The Hall–Kier alpha value is -6.32. The van der Waals surface area contributed by atoms with Gasteiger partial charge in [0.05, 0.1) is 9.79 Å². The maximum atomic E-state index is 13.1. The number of nitrogens with one attached hydrogen (secondary N) is 2. The smallest absolute Gasteiger partial charge is 0.255 e. The van der Waals surface area contributed by atoms with Crippen LogP contribution in [0.2, 0.25) is 0 Å². The number of pyridine rings is 2. The Kier molecular flexibility index (Phi) is 18.6. The molecule has 0 fully saturated rings. The van der Waals surface area contributed by atoms with E-state index in [1.165, 1.54) is 62.8 Å². The van der Waals surface area contributed by atoms with Gasteiger partial charge in [-0.1, -0.05) is 74.9 Å². The standard InChI is InChI=1S/C38H42N4O2.2C7H8O3S/c1-3-5-7-9-23-41-25-11-13-30-27-32(17-21-35(30)41)38(44)39-33-18-15-29(16-19-33)37(43)40-34-20-22-36-31(28-34)14-12-26-42(36)24-10-8-6-4-2;2*1-6-2-4-7(5-3-6)11(8,9)10/h11-22,25-28H,3-10,23-24H2,1-2H3;2*2-5H,1H3,(H,8,9,10). The second-order valence-corrected chi connectivity index (χ2v) is 18.9. The van der Waals surface area contributed by atoms with Gasteiger partial charge in [-0.15, -0.1) is 0 Å². The summed E-state index contributed by atoms with van der Waals surface area (Å²) in [7, 11) is -8.54. The molecule has 0 radical (unpaired) electrons. The van der Waals surface area contributed by atoms with E-state index in [-0.39, 0.29) is 21.6 Å². The van der Waals surface area contributed by atoms with Gasteiger partial charge in [0.2, 0.25) is 11.0 Å². The van der Waals surface area contributed by atoms with Crippen LogP contribution in [0.4, 0.5) is 11.4 Å². The highest BCUT2D eigenvalue weighted by Gasteiger charge is 2.15. The Morgan fingerprint density at radius 3 is 1.36 bits per heavy atom. The minimum atomic E-state index is -4.27. The molecule has 0 aliphatic rings. The number of amides is 2. The molecule has 2 heterocycles. The van der Waals surface area contributed by atoms with Gasteiger partial charge in [-0.2, -0.15) is 9.13 Å². The zero-order valence-electron chi connectivity index (χ0n) is 37.9. The fraction of sp³-hybridized carbons (Fsp3) is 0.269. The van der Waals surface area contributed by atoms with Crippen molar-refractivity contribution in [2.45, 2.75) is 102 Å². The molecule has 346 valence electrons. The quantitative estimate of drug-likeness (QED) is 0.0546. The third-order valence-corrected chi connectivity index (χ3v) is 12.5. The molecule has 7 aromatic rings. The fourth-order valence-corrected chi connectivity index (χ4v) is 8.05. The summed E-state index contributed by atoms with van der Waals surface area (Å²) in [5.41, 5.74) is 6.66. The highest BCUT2D eigenvalue weighted by Crippen LogP contribution is 2.20. The zero-order chi connectivity index (χ0) is 47.7. The van der Waals surface area contributed by atoms with Crippen LogP contribution in [0.1, 0.15) is 97.1 Å². The highest BCUT2D eigenvalue weighted by atomic mass is 32.2. The summed E-state index contributed by atoms with van der Waals surface area (Å²) in [5.74, 6) is -0.371. The topological polar surface area (TPSA) is 180 Å². The number of hydrogen-bond acceptors (Lipinski definition) is 8. The van der Waals surface area contributed by atoms with Gasteiger partial charge in [-0.3, -0.25) is 9.59 Å². The monoisotopic (exact) mass is 930 g/mol. The van der Waals surface area contributed by atoms with E-state index in [1.54, 1.807) is 48.5 Å². The summed E-state index contributed by atoms with van der Waals surface area (Å²) < 4.78 is 66.9. The molecule has 0 bridgehead atoms. The van der Waals surface area contributed by atoms with Crippen molar-refractivity contribution < 1.29 is 44.7 Å². The first kappa shape index (κ1) is 50.7. The molecule has 0 spiro atoms. The molecule has 2 amide bonds. The Morgan fingerprint density at radius 2 is 0.894 bits per heavy atom. The second kappa shape index (κ2) is 24.3. The van der Waals surface area contributed by atoms with Gasteiger partial charge >= 0.3 is 0 Å². The lowest BCUT2D eigenvalue weighted by Crippen LogP contribution is -2.34. The van der Waals surface area contributed by atoms with Crippen molar-refractivity contribution in [3.05, 3.63) is 168 Å². The van der Waals surface area contributed by atoms with Crippen LogP contribution in [-0.2, 0) is 33.3 Å². The number of benzene rings is 5. The molecule has 14 heteroatoms. The summed E-state index contributed by atoms with van der Waals surface area (Å²) in [6, 6.07) is 38.7. The number of carbonyl (C=O) groups is 2. The van der Waals surface area contributed by atoms with E-state index in [2.05, 4.69) is 64.2 Å². The first-order valence-electron chi connectivity index (χ1n) is 22.2. The normalized spacial score (nSPS) is 11.2. The third-order valence-electron chi connectivity index (χ3n) is 10.8. The van der Waals surface area contributed by atoms with Crippen molar-refractivity contribution in [3.8, 4) is 0 Å².